The number of hydrazone groups is 1. The summed E-state index contributed by atoms with van der Waals surface area (Å²) in [7, 11) is 0. The maximum atomic E-state index is 9.08. The van der Waals surface area contributed by atoms with Crippen molar-refractivity contribution in [3.63, 3.8) is 0 Å². The second kappa shape index (κ2) is 5.04. The topological polar surface area (TPSA) is 119 Å². The Hall–Kier alpha value is -0.690. The van der Waals surface area contributed by atoms with Crippen LogP contribution in [0.5, 0.6) is 0 Å². The lowest BCUT2D eigenvalue weighted by atomic mass is 10.1. The molecule has 0 aromatic carbocycles. The van der Waals surface area contributed by atoms with Gasteiger partial charge in [0.25, 0.3) is 0 Å². The van der Waals surface area contributed by atoms with E-state index in [1.165, 1.54) is 6.92 Å². The first-order valence-electron chi connectivity index (χ1n) is 3.46. The molecule has 0 aromatic rings. The average molecular weight is 178 g/mol. The van der Waals surface area contributed by atoms with Gasteiger partial charge in [0.05, 0.1) is 12.3 Å². The van der Waals surface area contributed by atoms with E-state index in [1.807, 2.05) is 0 Å². The van der Waals surface area contributed by atoms with Crippen LogP contribution < -0.4 is 5.84 Å². The van der Waals surface area contributed by atoms with Crippen LogP contribution in [0.2, 0.25) is 0 Å². The van der Waals surface area contributed by atoms with Crippen molar-refractivity contribution in [2.45, 2.75) is 31.3 Å². The Morgan fingerprint density at radius 2 is 1.67 bits per heavy atom. The molecule has 72 valence electrons. The fraction of sp³-hybridized carbons (Fsp3) is 0.833. The van der Waals surface area contributed by atoms with Crippen LogP contribution in [-0.4, -0.2) is 51.1 Å². The zero-order chi connectivity index (χ0) is 9.72. The van der Waals surface area contributed by atoms with Gasteiger partial charge in [-0.05, 0) is 6.92 Å². The molecule has 0 aliphatic carbocycles. The molecule has 0 aromatic heterocycles. The van der Waals surface area contributed by atoms with Gasteiger partial charge in [-0.2, -0.15) is 5.10 Å². The smallest absolute Gasteiger partial charge is 0.119 e. The van der Waals surface area contributed by atoms with Crippen molar-refractivity contribution >= 4 is 6.21 Å². The molecule has 0 amide bonds. The van der Waals surface area contributed by atoms with E-state index in [0.29, 0.717) is 0 Å². The van der Waals surface area contributed by atoms with Gasteiger partial charge >= 0.3 is 0 Å². The normalized spacial score (nSPS) is 22.1. The average Bonchev–Trinajstić information content (AvgIpc) is 2.02. The molecule has 0 bridgehead atoms. The predicted molar refractivity (Wildman–Crippen MR) is 42.4 cm³/mol. The van der Waals surface area contributed by atoms with Crippen molar-refractivity contribution in [1.82, 2.24) is 0 Å². The third-order valence-corrected chi connectivity index (χ3v) is 1.43. The van der Waals surface area contributed by atoms with Crippen molar-refractivity contribution in [1.29, 1.82) is 0 Å². The summed E-state index contributed by atoms with van der Waals surface area (Å²) in [6.07, 6.45) is -4.54. The molecule has 0 saturated heterocycles. The van der Waals surface area contributed by atoms with Crippen molar-refractivity contribution < 1.29 is 20.4 Å². The van der Waals surface area contributed by atoms with E-state index >= 15 is 0 Å². The van der Waals surface area contributed by atoms with Crippen molar-refractivity contribution in [3.8, 4) is 0 Å². The highest BCUT2D eigenvalue weighted by molar-refractivity contribution is 5.63. The first kappa shape index (κ1) is 11.3. The van der Waals surface area contributed by atoms with Crippen LogP contribution in [0.1, 0.15) is 6.92 Å². The van der Waals surface area contributed by atoms with E-state index in [4.69, 9.17) is 26.3 Å². The van der Waals surface area contributed by atoms with Gasteiger partial charge in [0.15, 0.2) is 0 Å². The lowest BCUT2D eigenvalue weighted by Gasteiger charge is -2.22. The van der Waals surface area contributed by atoms with E-state index in [1.54, 1.807) is 0 Å². The lowest BCUT2D eigenvalue weighted by molar-refractivity contribution is -0.0821. The minimum atomic E-state index is -1.49. The van der Waals surface area contributed by atoms with Gasteiger partial charge in [0.2, 0.25) is 0 Å². The Morgan fingerprint density at radius 3 is 2.00 bits per heavy atom. The number of hydrogen-bond acceptors (Lipinski definition) is 6. The number of aliphatic hydroxyl groups is 4. The maximum absolute atomic E-state index is 9.08. The third-order valence-electron chi connectivity index (χ3n) is 1.43. The molecule has 0 radical (unpaired) electrons. The zero-order valence-electron chi connectivity index (χ0n) is 6.70. The number of nitrogens with two attached hydrogens (primary N) is 1. The Labute approximate surface area is 69.9 Å². The molecule has 0 aliphatic heterocycles. The number of rotatable bonds is 4. The Kier molecular flexibility index (Phi) is 4.75. The zero-order valence-corrected chi connectivity index (χ0v) is 6.70. The Bertz CT molecular complexity index is 150. The SMILES string of the molecule is C[C@H](O)[C@@H](O)[C@@H](O)[C@H](O)C=NN. The molecule has 0 rings (SSSR count). The minimum Gasteiger partial charge on any atom is -0.391 e. The van der Waals surface area contributed by atoms with Gasteiger partial charge in [-0.25, -0.2) is 0 Å². The van der Waals surface area contributed by atoms with E-state index in [0.717, 1.165) is 6.21 Å². The summed E-state index contributed by atoms with van der Waals surface area (Å²) in [6, 6.07) is 0. The maximum Gasteiger partial charge on any atom is 0.119 e. The quantitative estimate of drug-likeness (QED) is 0.184. The van der Waals surface area contributed by atoms with E-state index in [-0.39, 0.29) is 0 Å². The summed E-state index contributed by atoms with van der Waals surface area (Å²) in [4.78, 5) is 0. The summed E-state index contributed by atoms with van der Waals surface area (Å²) in [5.74, 6) is 4.70. The molecular formula is C6H14N2O4. The first-order valence-corrected chi connectivity index (χ1v) is 3.46. The predicted octanol–water partition coefficient (Wildman–Crippen LogP) is -2.61. The van der Waals surface area contributed by atoms with Gasteiger partial charge in [-0.1, -0.05) is 0 Å². The molecule has 12 heavy (non-hydrogen) atoms. The molecule has 0 unspecified atom stereocenters. The number of nitrogens with zero attached hydrogens (tertiary/aromatic N) is 1. The summed E-state index contributed by atoms with van der Waals surface area (Å²) in [5, 5.41) is 38.9. The number of hydrogen-bond donors (Lipinski definition) is 5. The second-order valence-electron chi connectivity index (χ2n) is 2.51. The highest BCUT2D eigenvalue weighted by Gasteiger charge is 2.26. The Morgan fingerprint density at radius 1 is 1.17 bits per heavy atom. The van der Waals surface area contributed by atoms with Crippen LogP contribution in [0.15, 0.2) is 5.10 Å². The molecule has 0 saturated carbocycles. The highest BCUT2D eigenvalue weighted by atomic mass is 16.4. The van der Waals surface area contributed by atoms with Crippen LogP contribution in [0, 0.1) is 0 Å². The van der Waals surface area contributed by atoms with Gasteiger partial charge in [0, 0.05) is 0 Å². The van der Waals surface area contributed by atoms with Crippen molar-refractivity contribution in [3.05, 3.63) is 0 Å². The first-order chi connectivity index (χ1) is 5.50. The minimum absolute atomic E-state index is 0.871. The van der Waals surface area contributed by atoms with Gasteiger partial charge in [-0.3, -0.25) is 0 Å². The molecule has 0 heterocycles. The standard InChI is InChI=1S/C6H14N2O4/c1-3(9)5(11)6(12)4(10)2-8-7/h2-6,9-12H,7H2,1H3/t3-,4+,5+,6-/m0/s1. The molecule has 0 fully saturated rings. The van der Waals surface area contributed by atoms with Crippen LogP contribution in [0.4, 0.5) is 0 Å². The molecule has 0 spiro atoms. The van der Waals surface area contributed by atoms with E-state index in [2.05, 4.69) is 5.10 Å². The van der Waals surface area contributed by atoms with Crippen molar-refractivity contribution in [2.75, 3.05) is 0 Å². The summed E-state index contributed by atoms with van der Waals surface area (Å²) in [5.41, 5.74) is 0. The van der Waals surface area contributed by atoms with Crippen LogP contribution in [-0.2, 0) is 0 Å². The van der Waals surface area contributed by atoms with Crippen LogP contribution >= 0.6 is 0 Å². The highest BCUT2D eigenvalue weighted by Crippen LogP contribution is 2.02. The third kappa shape index (κ3) is 3.14. The molecule has 0 aliphatic rings. The van der Waals surface area contributed by atoms with Crippen LogP contribution in [0.3, 0.4) is 0 Å². The Balaban J connectivity index is 4.08. The molecule has 6 heteroatoms. The van der Waals surface area contributed by atoms with E-state index in [9.17, 15) is 0 Å². The molecule has 6 nitrogen and oxygen atoms in total. The number of aliphatic hydroxyl groups excluding tert-OH is 4. The lowest BCUT2D eigenvalue weighted by Crippen LogP contribution is -2.44. The largest absolute Gasteiger partial charge is 0.391 e. The monoisotopic (exact) mass is 178 g/mol. The summed E-state index contributed by atoms with van der Waals surface area (Å²) in [6.45, 7) is 1.29. The molecule has 4 atom stereocenters. The fourth-order valence-corrected chi connectivity index (χ4v) is 0.664. The van der Waals surface area contributed by atoms with Gasteiger partial charge < -0.3 is 26.3 Å². The van der Waals surface area contributed by atoms with Gasteiger partial charge in [0.1, 0.15) is 18.3 Å². The summed E-state index contributed by atoms with van der Waals surface area (Å²) >= 11 is 0. The van der Waals surface area contributed by atoms with E-state index < -0.39 is 24.4 Å². The van der Waals surface area contributed by atoms with Gasteiger partial charge in [-0.15, -0.1) is 0 Å². The molecular weight excluding hydrogens is 164 g/mol. The fourth-order valence-electron chi connectivity index (χ4n) is 0.664. The van der Waals surface area contributed by atoms with Crippen molar-refractivity contribution in [2.24, 2.45) is 10.9 Å². The molecule has 6 N–H and O–H groups in total. The second-order valence-corrected chi connectivity index (χ2v) is 2.51. The van der Waals surface area contributed by atoms with Crippen LogP contribution in [0.25, 0.3) is 0 Å². The summed E-state index contributed by atoms with van der Waals surface area (Å²) < 4.78 is 0.